The summed E-state index contributed by atoms with van der Waals surface area (Å²) in [6.07, 6.45) is -3.40. The van der Waals surface area contributed by atoms with Gasteiger partial charge in [0, 0.05) is 50.3 Å². The van der Waals surface area contributed by atoms with Crippen molar-refractivity contribution in [3.63, 3.8) is 0 Å². The van der Waals surface area contributed by atoms with E-state index in [4.69, 9.17) is 4.74 Å². The maximum Gasteiger partial charge on any atom is 0.416 e. The summed E-state index contributed by atoms with van der Waals surface area (Å²) in [5.41, 5.74) is -0.0270. The van der Waals surface area contributed by atoms with E-state index in [-0.39, 0.29) is 23.7 Å². The number of rotatable bonds is 2. The Hall–Kier alpha value is -1.84. The van der Waals surface area contributed by atoms with E-state index < -0.39 is 23.4 Å². The molecule has 0 radical (unpaired) electrons. The third kappa shape index (κ3) is 5.47. The topological polar surface area (TPSA) is 56.2 Å². The van der Waals surface area contributed by atoms with Crippen LogP contribution in [0.25, 0.3) is 0 Å². The van der Waals surface area contributed by atoms with E-state index >= 15 is 0 Å². The van der Waals surface area contributed by atoms with Crippen molar-refractivity contribution in [2.45, 2.75) is 89.4 Å². The predicted octanol–water partition coefficient (Wildman–Crippen LogP) is 4.98. The average Bonchev–Trinajstić information content (AvgIpc) is 3.08. The number of piperidine rings is 1. The fourth-order valence-electron chi connectivity index (χ4n) is 5.86. The normalized spacial score (nSPS) is 28.1. The largest absolute Gasteiger partial charge is 0.444 e. The number of carbonyl (C=O) groups is 1. The fourth-order valence-corrected chi connectivity index (χ4v) is 5.86. The van der Waals surface area contributed by atoms with Crippen molar-refractivity contribution in [1.29, 1.82) is 0 Å². The molecule has 2 unspecified atom stereocenters. The predicted molar refractivity (Wildman–Crippen MR) is 127 cm³/mol. The molecule has 0 spiro atoms. The lowest BCUT2D eigenvalue weighted by atomic mass is 9.86. The van der Waals surface area contributed by atoms with Gasteiger partial charge in [-0.3, -0.25) is 9.80 Å². The molecule has 1 aliphatic carbocycles. The van der Waals surface area contributed by atoms with E-state index in [0.29, 0.717) is 25.1 Å². The summed E-state index contributed by atoms with van der Waals surface area (Å²) in [6.45, 7) is 13.8. The van der Waals surface area contributed by atoms with E-state index in [2.05, 4.69) is 23.6 Å². The maximum absolute atomic E-state index is 13.2. The molecule has 9 heteroatoms. The van der Waals surface area contributed by atoms with E-state index in [1.54, 1.807) is 11.0 Å². The molecule has 2 saturated heterocycles. The number of aliphatic hydroxyl groups is 1. The van der Waals surface area contributed by atoms with Crippen molar-refractivity contribution >= 4 is 6.09 Å². The number of hydrogen-bond acceptors (Lipinski definition) is 5. The summed E-state index contributed by atoms with van der Waals surface area (Å²) in [6, 6.07) is 3.90. The first kappa shape index (κ1) is 26.2. The van der Waals surface area contributed by atoms with Crippen molar-refractivity contribution in [2.24, 2.45) is 0 Å². The quantitative estimate of drug-likeness (QED) is 0.625. The number of aliphatic hydroxyl groups excluding tert-OH is 1. The standard InChI is InChI=1S/C26H38F3N3O3/c1-17-16-31(25(5)8-10-30(11-9-25)23(34)35-24(2,3)4)12-13-32(17)21-15-22(33)20-14-18(26(27,28)29)6-7-19(20)21/h6-7,14,17,21-22,33H,8-13,15-16H2,1-5H3/t17?,21-,22?/m0/s1. The number of benzene rings is 1. The molecule has 2 fully saturated rings. The van der Waals surface area contributed by atoms with Crippen molar-refractivity contribution in [1.82, 2.24) is 14.7 Å². The highest BCUT2D eigenvalue weighted by atomic mass is 19.4. The zero-order valence-corrected chi connectivity index (χ0v) is 21.4. The van der Waals surface area contributed by atoms with Crippen LogP contribution in [0.4, 0.5) is 18.0 Å². The van der Waals surface area contributed by atoms with Crippen LogP contribution in [0.15, 0.2) is 18.2 Å². The molecule has 196 valence electrons. The van der Waals surface area contributed by atoms with Gasteiger partial charge in [0.1, 0.15) is 5.60 Å². The molecular formula is C26H38F3N3O3. The van der Waals surface area contributed by atoms with Crippen molar-refractivity contribution < 1.29 is 27.8 Å². The second-order valence-corrected chi connectivity index (χ2v) is 11.6. The van der Waals surface area contributed by atoms with Gasteiger partial charge in [-0.15, -0.1) is 0 Å². The number of carbonyl (C=O) groups excluding carboxylic acids is 1. The van der Waals surface area contributed by atoms with Crippen LogP contribution < -0.4 is 0 Å². The minimum Gasteiger partial charge on any atom is -0.444 e. The number of fused-ring (bicyclic) bond motifs is 1. The molecule has 2 aliphatic heterocycles. The van der Waals surface area contributed by atoms with Crippen LogP contribution in [0.5, 0.6) is 0 Å². The van der Waals surface area contributed by atoms with Gasteiger partial charge in [-0.05, 0) is 77.1 Å². The second-order valence-electron chi connectivity index (χ2n) is 11.6. The first-order valence-corrected chi connectivity index (χ1v) is 12.6. The van der Waals surface area contributed by atoms with Gasteiger partial charge in [-0.25, -0.2) is 4.79 Å². The number of likely N-dealkylation sites (tertiary alicyclic amines) is 1. The van der Waals surface area contributed by atoms with Gasteiger partial charge >= 0.3 is 12.3 Å². The summed E-state index contributed by atoms with van der Waals surface area (Å²) in [5, 5.41) is 10.5. The Bertz CT molecular complexity index is 938. The smallest absolute Gasteiger partial charge is 0.416 e. The van der Waals surface area contributed by atoms with E-state index in [1.807, 2.05) is 20.8 Å². The molecule has 1 aromatic carbocycles. The number of alkyl halides is 3. The van der Waals surface area contributed by atoms with Crippen LogP contribution in [-0.4, -0.2) is 75.8 Å². The number of amides is 1. The van der Waals surface area contributed by atoms with Crippen molar-refractivity contribution in [3.05, 3.63) is 34.9 Å². The van der Waals surface area contributed by atoms with Crippen LogP contribution in [-0.2, 0) is 10.9 Å². The van der Waals surface area contributed by atoms with Gasteiger partial charge in [0.25, 0.3) is 0 Å². The number of piperazine rings is 1. The Balaban J connectivity index is 1.39. The monoisotopic (exact) mass is 497 g/mol. The Morgan fingerprint density at radius 1 is 1.09 bits per heavy atom. The summed E-state index contributed by atoms with van der Waals surface area (Å²) >= 11 is 0. The van der Waals surface area contributed by atoms with Crippen LogP contribution in [0.1, 0.15) is 82.7 Å². The summed E-state index contributed by atoms with van der Waals surface area (Å²) < 4.78 is 45.0. The summed E-state index contributed by atoms with van der Waals surface area (Å²) in [5.74, 6) is 0. The lowest BCUT2D eigenvalue weighted by molar-refractivity contribution is -0.137. The SMILES string of the molecule is CC1CN(C2(C)CCN(C(=O)OC(C)(C)C)CC2)CCN1[C@H]1CC(O)c2cc(C(F)(F)F)ccc21. The summed E-state index contributed by atoms with van der Waals surface area (Å²) in [7, 11) is 0. The number of ether oxygens (including phenoxy) is 1. The average molecular weight is 498 g/mol. The molecule has 3 atom stereocenters. The van der Waals surface area contributed by atoms with Crippen LogP contribution in [0, 0.1) is 0 Å². The number of nitrogens with zero attached hydrogens (tertiary/aromatic N) is 3. The van der Waals surface area contributed by atoms with Crippen LogP contribution in [0.2, 0.25) is 0 Å². The Kier molecular flexibility index (Phi) is 6.92. The van der Waals surface area contributed by atoms with Gasteiger partial charge in [0.2, 0.25) is 0 Å². The molecule has 35 heavy (non-hydrogen) atoms. The summed E-state index contributed by atoms with van der Waals surface area (Å²) in [4.78, 5) is 19.1. The van der Waals surface area contributed by atoms with Gasteiger partial charge in [0.05, 0.1) is 11.7 Å². The van der Waals surface area contributed by atoms with Gasteiger partial charge < -0.3 is 14.7 Å². The minimum absolute atomic E-state index is 0.0203. The third-order valence-corrected chi connectivity index (χ3v) is 7.91. The highest BCUT2D eigenvalue weighted by Crippen LogP contribution is 2.46. The molecule has 4 rings (SSSR count). The van der Waals surface area contributed by atoms with Crippen LogP contribution in [0.3, 0.4) is 0 Å². The van der Waals surface area contributed by atoms with E-state index in [9.17, 15) is 23.1 Å². The molecule has 3 aliphatic rings. The molecule has 6 nitrogen and oxygen atoms in total. The molecular weight excluding hydrogens is 459 g/mol. The molecule has 2 heterocycles. The van der Waals surface area contributed by atoms with E-state index in [1.165, 1.54) is 0 Å². The van der Waals surface area contributed by atoms with E-state index in [0.717, 1.165) is 50.2 Å². The lowest BCUT2D eigenvalue weighted by Crippen LogP contribution is -2.62. The van der Waals surface area contributed by atoms with Crippen molar-refractivity contribution in [3.8, 4) is 0 Å². The molecule has 1 amide bonds. The fraction of sp³-hybridized carbons (Fsp3) is 0.731. The molecule has 0 bridgehead atoms. The highest BCUT2D eigenvalue weighted by molar-refractivity contribution is 5.68. The Morgan fingerprint density at radius 3 is 2.31 bits per heavy atom. The Labute approximate surface area is 206 Å². The zero-order valence-electron chi connectivity index (χ0n) is 21.4. The highest BCUT2D eigenvalue weighted by Gasteiger charge is 2.44. The molecule has 0 aromatic heterocycles. The van der Waals surface area contributed by atoms with Crippen LogP contribution >= 0.6 is 0 Å². The zero-order chi connectivity index (χ0) is 25.8. The first-order chi connectivity index (χ1) is 16.2. The van der Waals surface area contributed by atoms with Crippen molar-refractivity contribution in [2.75, 3.05) is 32.7 Å². The Morgan fingerprint density at radius 2 is 1.74 bits per heavy atom. The first-order valence-electron chi connectivity index (χ1n) is 12.6. The van der Waals surface area contributed by atoms with Gasteiger partial charge in [0.15, 0.2) is 0 Å². The third-order valence-electron chi connectivity index (χ3n) is 7.91. The lowest BCUT2D eigenvalue weighted by Gasteiger charge is -2.52. The minimum atomic E-state index is -4.42. The van der Waals surface area contributed by atoms with Gasteiger partial charge in [-0.2, -0.15) is 13.2 Å². The second kappa shape index (κ2) is 9.23. The number of hydrogen-bond donors (Lipinski definition) is 1. The molecule has 1 N–H and O–H groups in total. The number of halogens is 3. The molecule has 0 saturated carbocycles. The maximum atomic E-state index is 13.2. The van der Waals surface area contributed by atoms with Gasteiger partial charge in [-0.1, -0.05) is 6.07 Å². The molecule has 1 aromatic rings.